The number of rotatable bonds is 4. The highest BCUT2D eigenvalue weighted by Crippen LogP contribution is 2.32. The number of benzene rings is 2. The first-order valence-corrected chi connectivity index (χ1v) is 11.0. The molecule has 1 amide bonds. The van der Waals surface area contributed by atoms with E-state index in [-0.39, 0.29) is 17.6 Å². The molecule has 1 aliphatic carbocycles. The van der Waals surface area contributed by atoms with Crippen molar-refractivity contribution >= 4 is 22.6 Å². The first-order chi connectivity index (χ1) is 15.2. The Morgan fingerprint density at radius 2 is 1.74 bits per heavy atom. The molecule has 5 rings (SSSR count). The Labute approximate surface area is 182 Å². The molecule has 31 heavy (non-hydrogen) atoms. The molecule has 1 saturated heterocycles. The van der Waals surface area contributed by atoms with Crippen LogP contribution in [0.15, 0.2) is 48.5 Å². The molecule has 2 aliphatic rings. The number of Topliss-reactive ketones (excluding diaryl/α,β-unsaturated/α-hetero) is 1. The number of amides is 1. The van der Waals surface area contributed by atoms with Crippen LogP contribution in [0.4, 0.5) is 0 Å². The Morgan fingerprint density at radius 1 is 1.00 bits per heavy atom. The van der Waals surface area contributed by atoms with Crippen molar-refractivity contribution in [2.75, 3.05) is 20.2 Å². The van der Waals surface area contributed by atoms with Crippen LogP contribution >= 0.6 is 0 Å². The highest BCUT2D eigenvalue weighted by atomic mass is 16.5. The fourth-order valence-electron chi connectivity index (χ4n) is 4.95. The number of aromatic nitrogens is 1. The summed E-state index contributed by atoms with van der Waals surface area (Å²) in [6.45, 7) is 1.22. The topological polar surface area (TPSA) is 59.5 Å². The fourth-order valence-corrected chi connectivity index (χ4v) is 4.95. The maximum atomic E-state index is 13.6. The predicted octanol–water partition coefficient (Wildman–Crippen LogP) is 4.47. The van der Waals surface area contributed by atoms with Crippen molar-refractivity contribution in [2.24, 2.45) is 5.92 Å². The third-order valence-electron chi connectivity index (χ3n) is 6.66. The van der Waals surface area contributed by atoms with E-state index in [0.717, 1.165) is 52.7 Å². The maximum Gasteiger partial charge on any atom is 0.254 e. The molecule has 0 atom stereocenters. The molecular weight excluding hydrogens is 388 g/mol. The number of likely N-dealkylation sites (tertiary alicyclic amines) is 1. The number of carbonyl (C=O) groups is 2. The summed E-state index contributed by atoms with van der Waals surface area (Å²) in [6, 6.07) is 15.2. The van der Waals surface area contributed by atoms with E-state index < -0.39 is 0 Å². The number of nitrogens with zero attached hydrogens (tertiary/aromatic N) is 2. The summed E-state index contributed by atoms with van der Waals surface area (Å²) >= 11 is 0. The number of pyridine rings is 1. The van der Waals surface area contributed by atoms with Gasteiger partial charge in [0.25, 0.3) is 5.91 Å². The first kappa shape index (κ1) is 19.7. The summed E-state index contributed by atoms with van der Waals surface area (Å²) < 4.78 is 5.18. The quantitative estimate of drug-likeness (QED) is 0.591. The zero-order chi connectivity index (χ0) is 21.4. The van der Waals surface area contributed by atoms with Gasteiger partial charge in [-0.15, -0.1) is 0 Å². The Morgan fingerprint density at radius 3 is 2.48 bits per heavy atom. The van der Waals surface area contributed by atoms with Gasteiger partial charge in [-0.3, -0.25) is 14.6 Å². The largest absolute Gasteiger partial charge is 0.497 e. The van der Waals surface area contributed by atoms with E-state index in [0.29, 0.717) is 31.5 Å². The van der Waals surface area contributed by atoms with E-state index in [4.69, 9.17) is 9.72 Å². The molecule has 0 saturated carbocycles. The van der Waals surface area contributed by atoms with Gasteiger partial charge in [-0.1, -0.05) is 18.2 Å². The molecule has 0 N–H and O–H groups in total. The lowest BCUT2D eigenvalue weighted by molar-refractivity contribution is 0.0651. The summed E-state index contributed by atoms with van der Waals surface area (Å²) in [5.74, 6) is 0.948. The third kappa shape index (κ3) is 3.58. The minimum atomic E-state index is -0.0441. The monoisotopic (exact) mass is 414 g/mol. The predicted molar refractivity (Wildman–Crippen MR) is 120 cm³/mol. The number of fused-ring (bicyclic) bond motifs is 2. The zero-order valence-electron chi connectivity index (χ0n) is 17.8. The average molecular weight is 415 g/mol. The molecule has 158 valence electrons. The summed E-state index contributed by atoms with van der Waals surface area (Å²) in [7, 11) is 1.62. The van der Waals surface area contributed by atoms with Crippen LogP contribution < -0.4 is 4.74 Å². The number of aryl methyl sites for hydroxylation is 1. The fraction of sp³-hybridized carbons (Fsp3) is 0.346. The molecule has 1 fully saturated rings. The Balaban J connectivity index is 1.34. The van der Waals surface area contributed by atoms with E-state index in [2.05, 4.69) is 0 Å². The minimum absolute atomic E-state index is 0.0441. The highest BCUT2D eigenvalue weighted by molar-refractivity contribution is 6.08. The zero-order valence-corrected chi connectivity index (χ0v) is 17.8. The Bertz CT molecular complexity index is 1150. The third-order valence-corrected chi connectivity index (χ3v) is 6.66. The lowest BCUT2D eigenvalue weighted by atomic mass is 9.88. The molecule has 2 aromatic carbocycles. The van der Waals surface area contributed by atoms with E-state index in [1.54, 1.807) is 7.11 Å². The summed E-state index contributed by atoms with van der Waals surface area (Å²) in [5.41, 5.74) is 4.64. The van der Waals surface area contributed by atoms with E-state index in [1.165, 1.54) is 0 Å². The van der Waals surface area contributed by atoms with Gasteiger partial charge in [0.1, 0.15) is 5.75 Å². The number of piperidine rings is 1. The van der Waals surface area contributed by atoms with E-state index in [9.17, 15) is 9.59 Å². The molecule has 5 heteroatoms. The Kier molecular flexibility index (Phi) is 5.18. The normalized spacial score (nSPS) is 16.4. The molecule has 1 aliphatic heterocycles. The second kappa shape index (κ2) is 8.14. The van der Waals surface area contributed by atoms with Gasteiger partial charge in [0, 0.05) is 35.7 Å². The van der Waals surface area contributed by atoms with Crippen molar-refractivity contribution in [3.05, 3.63) is 70.9 Å². The first-order valence-electron chi connectivity index (χ1n) is 11.0. The molecule has 0 unspecified atom stereocenters. The van der Waals surface area contributed by atoms with Crippen molar-refractivity contribution in [1.29, 1.82) is 0 Å². The van der Waals surface area contributed by atoms with Gasteiger partial charge in [-0.2, -0.15) is 0 Å². The molecule has 2 heterocycles. The van der Waals surface area contributed by atoms with Gasteiger partial charge >= 0.3 is 0 Å². The van der Waals surface area contributed by atoms with Crippen LogP contribution in [0.25, 0.3) is 10.9 Å². The molecule has 0 bridgehead atoms. The lowest BCUT2D eigenvalue weighted by Gasteiger charge is -2.32. The summed E-state index contributed by atoms with van der Waals surface area (Å²) in [5, 5.41) is 0.949. The standard InChI is InChI=1S/C26H26N2O3/c1-31-19-11-9-17(10-12-19)25(29)18-13-15-28(16-14-18)26(30)24-20-5-2-3-7-22(20)27-23-8-4-6-21(23)24/h2-3,5,7,9-12,18H,4,6,8,13-16H2,1H3. The Hall–Kier alpha value is -3.21. The molecule has 0 spiro atoms. The van der Waals surface area contributed by atoms with Gasteiger partial charge in [-0.05, 0) is 68.0 Å². The minimum Gasteiger partial charge on any atom is -0.497 e. The number of carbonyl (C=O) groups excluding carboxylic acids is 2. The van der Waals surface area contributed by atoms with Crippen LogP contribution in [0.2, 0.25) is 0 Å². The van der Waals surface area contributed by atoms with Crippen molar-refractivity contribution in [2.45, 2.75) is 32.1 Å². The highest BCUT2D eigenvalue weighted by Gasteiger charge is 2.31. The number of hydrogen-bond donors (Lipinski definition) is 0. The van der Waals surface area contributed by atoms with Gasteiger partial charge in [0.2, 0.25) is 0 Å². The van der Waals surface area contributed by atoms with Crippen LogP contribution in [0, 0.1) is 5.92 Å². The average Bonchev–Trinajstić information content (AvgIpc) is 3.30. The van der Waals surface area contributed by atoms with E-state index >= 15 is 0 Å². The maximum absolute atomic E-state index is 13.6. The second-order valence-corrected chi connectivity index (χ2v) is 8.44. The van der Waals surface area contributed by atoms with Crippen LogP contribution in [0.1, 0.15) is 51.2 Å². The van der Waals surface area contributed by atoms with Gasteiger partial charge in [0.15, 0.2) is 5.78 Å². The van der Waals surface area contributed by atoms with Crippen LogP contribution in [-0.4, -0.2) is 41.8 Å². The van der Waals surface area contributed by atoms with Crippen molar-refractivity contribution < 1.29 is 14.3 Å². The summed E-state index contributed by atoms with van der Waals surface area (Å²) in [6.07, 6.45) is 4.31. The SMILES string of the molecule is COc1ccc(C(=O)C2CCN(C(=O)c3c4c(nc5ccccc35)CCC4)CC2)cc1. The molecular formula is C26H26N2O3. The van der Waals surface area contributed by atoms with Crippen LogP contribution in [0.5, 0.6) is 5.75 Å². The van der Waals surface area contributed by atoms with Crippen LogP contribution in [0.3, 0.4) is 0 Å². The van der Waals surface area contributed by atoms with Crippen molar-refractivity contribution in [3.8, 4) is 5.75 Å². The second-order valence-electron chi connectivity index (χ2n) is 8.44. The number of ether oxygens (including phenoxy) is 1. The van der Waals surface area contributed by atoms with Crippen molar-refractivity contribution in [3.63, 3.8) is 0 Å². The molecule has 5 nitrogen and oxygen atoms in total. The lowest BCUT2D eigenvalue weighted by Crippen LogP contribution is -2.40. The molecule has 0 radical (unpaired) electrons. The van der Waals surface area contributed by atoms with Gasteiger partial charge < -0.3 is 9.64 Å². The van der Waals surface area contributed by atoms with E-state index in [1.807, 2.05) is 53.4 Å². The van der Waals surface area contributed by atoms with Gasteiger partial charge in [-0.25, -0.2) is 0 Å². The summed E-state index contributed by atoms with van der Waals surface area (Å²) in [4.78, 5) is 33.2. The van der Waals surface area contributed by atoms with Gasteiger partial charge in [0.05, 0.1) is 18.2 Å². The number of para-hydroxylation sites is 1. The smallest absolute Gasteiger partial charge is 0.254 e. The number of methoxy groups -OCH3 is 1. The number of hydrogen-bond acceptors (Lipinski definition) is 4. The van der Waals surface area contributed by atoms with Crippen LogP contribution in [-0.2, 0) is 12.8 Å². The molecule has 3 aromatic rings. The number of ketones is 1. The van der Waals surface area contributed by atoms with Crippen molar-refractivity contribution in [1.82, 2.24) is 9.88 Å². The molecule has 1 aromatic heterocycles.